The zero-order valence-corrected chi connectivity index (χ0v) is 15.1. The fraction of sp³-hybridized carbons (Fsp3) is 0.278. The third kappa shape index (κ3) is 4.83. The van der Waals surface area contributed by atoms with Gasteiger partial charge >= 0.3 is 0 Å². The van der Waals surface area contributed by atoms with Crippen LogP contribution in [0.5, 0.6) is 0 Å². The number of amides is 1. The van der Waals surface area contributed by atoms with Crippen molar-refractivity contribution >= 4 is 21.6 Å². The van der Waals surface area contributed by atoms with Crippen molar-refractivity contribution in [1.82, 2.24) is 5.32 Å². The number of nitrogens with one attached hydrogen (secondary N) is 2. The molecule has 0 heterocycles. The summed E-state index contributed by atoms with van der Waals surface area (Å²) in [4.78, 5) is 12.4. The minimum Gasteiger partial charge on any atom is -0.346 e. The van der Waals surface area contributed by atoms with E-state index in [9.17, 15) is 13.2 Å². The van der Waals surface area contributed by atoms with Crippen molar-refractivity contribution in [3.05, 3.63) is 64.7 Å². The number of aryl methyl sites for hydroxylation is 2. The van der Waals surface area contributed by atoms with Crippen molar-refractivity contribution in [3.63, 3.8) is 0 Å². The Morgan fingerprint density at radius 1 is 1.08 bits per heavy atom. The number of carbonyl (C=O) groups excluding carboxylic acids is 1. The molecule has 0 saturated carbocycles. The zero-order chi connectivity index (χ0) is 17.9. The molecular formula is C18H22N2O3S. The molecule has 2 rings (SSSR count). The van der Waals surface area contributed by atoms with Gasteiger partial charge in [0.1, 0.15) is 0 Å². The molecule has 128 valence electrons. The molecule has 0 aliphatic rings. The second-order valence-corrected chi connectivity index (χ2v) is 7.76. The third-order valence-electron chi connectivity index (χ3n) is 3.67. The van der Waals surface area contributed by atoms with Gasteiger partial charge in [-0.2, -0.15) is 0 Å². The fourth-order valence-electron chi connectivity index (χ4n) is 2.61. The number of hydrogen-bond donors (Lipinski definition) is 2. The maximum absolute atomic E-state index is 12.4. The SMILES string of the molecule is Cc1ccc([C@@H](C)NC(=O)c2cccc(NS(C)(=O)=O)c2)c(C)c1. The molecule has 24 heavy (non-hydrogen) atoms. The molecule has 1 atom stereocenters. The summed E-state index contributed by atoms with van der Waals surface area (Å²) in [5.74, 6) is -0.250. The summed E-state index contributed by atoms with van der Waals surface area (Å²) in [7, 11) is -3.38. The van der Waals surface area contributed by atoms with Crippen LogP contribution in [0.3, 0.4) is 0 Å². The molecular weight excluding hydrogens is 324 g/mol. The van der Waals surface area contributed by atoms with Crippen LogP contribution in [-0.4, -0.2) is 20.6 Å². The third-order valence-corrected chi connectivity index (χ3v) is 4.27. The first-order valence-electron chi connectivity index (χ1n) is 7.61. The summed E-state index contributed by atoms with van der Waals surface area (Å²) < 4.78 is 25.0. The summed E-state index contributed by atoms with van der Waals surface area (Å²) in [5.41, 5.74) is 4.12. The lowest BCUT2D eigenvalue weighted by molar-refractivity contribution is 0.0940. The Balaban J connectivity index is 2.16. The van der Waals surface area contributed by atoms with E-state index in [1.807, 2.05) is 32.9 Å². The van der Waals surface area contributed by atoms with Crippen LogP contribution >= 0.6 is 0 Å². The van der Waals surface area contributed by atoms with Gasteiger partial charge in [-0.25, -0.2) is 8.42 Å². The van der Waals surface area contributed by atoms with Gasteiger partial charge in [-0.15, -0.1) is 0 Å². The van der Waals surface area contributed by atoms with Crippen LogP contribution in [0.25, 0.3) is 0 Å². The minimum absolute atomic E-state index is 0.148. The molecule has 0 radical (unpaired) electrons. The number of rotatable bonds is 5. The Labute approximate surface area is 143 Å². The number of sulfonamides is 1. The van der Waals surface area contributed by atoms with Crippen molar-refractivity contribution in [2.75, 3.05) is 11.0 Å². The van der Waals surface area contributed by atoms with Crippen molar-refractivity contribution in [2.45, 2.75) is 26.8 Å². The molecule has 0 aliphatic carbocycles. The normalized spacial score (nSPS) is 12.5. The summed E-state index contributed by atoms with van der Waals surface area (Å²) in [6.07, 6.45) is 1.07. The molecule has 2 aromatic rings. The quantitative estimate of drug-likeness (QED) is 0.873. The van der Waals surface area contributed by atoms with Crippen LogP contribution < -0.4 is 10.0 Å². The van der Waals surface area contributed by atoms with Crippen LogP contribution in [0.1, 0.15) is 40.0 Å². The highest BCUT2D eigenvalue weighted by molar-refractivity contribution is 7.92. The second-order valence-electron chi connectivity index (χ2n) is 6.01. The maximum atomic E-state index is 12.4. The van der Waals surface area contributed by atoms with Gasteiger partial charge in [-0.05, 0) is 50.1 Å². The first-order valence-corrected chi connectivity index (χ1v) is 9.51. The van der Waals surface area contributed by atoms with Gasteiger partial charge in [0.2, 0.25) is 10.0 Å². The van der Waals surface area contributed by atoms with E-state index in [-0.39, 0.29) is 11.9 Å². The molecule has 2 N–H and O–H groups in total. The van der Waals surface area contributed by atoms with Crippen molar-refractivity contribution in [2.24, 2.45) is 0 Å². The smallest absolute Gasteiger partial charge is 0.251 e. The average Bonchev–Trinajstić information content (AvgIpc) is 2.45. The van der Waals surface area contributed by atoms with Crippen LogP contribution in [0.4, 0.5) is 5.69 Å². The van der Waals surface area contributed by atoms with E-state index in [1.54, 1.807) is 18.2 Å². The summed E-state index contributed by atoms with van der Waals surface area (Å²) in [6.45, 7) is 5.97. The topological polar surface area (TPSA) is 75.3 Å². The van der Waals surface area contributed by atoms with E-state index >= 15 is 0 Å². The van der Waals surface area contributed by atoms with Gasteiger partial charge in [0, 0.05) is 11.3 Å². The number of anilines is 1. The van der Waals surface area contributed by atoms with Crippen LogP contribution in [0, 0.1) is 13.8 Å². The van der Waals surface area contributed by atoms with E-state index in [2.05, 4.69) is 16.1 Å². The summed E-state index contributed by atoms with van der Waals surface area (Å²) in [6, 6.07) is 12.4. The predicted molar refractivity (Wildman–Crippen MR) is 96.7 cm³/mol. The van der Waals surface area contributed by atoms with Crippen LogP contribution in [-0.2, 0) is 10.0 Å². The Morgan fingerprint density at radius 2 is 1.79 bits per heavy atom. The lowest BCUT2D eigenvalue weighted by Crippen LogP contribution is -2.27. The molecule has 0 fully saturated rings. The van der Waals surface area contributed by atoms with Gasteiger partial charge in [-0.1, -0.05) is 29.8 Å². The van der Waals surface area contributed by atoms with Crippen molar-refractivity contribution in [1.29, 1.82) is 0 Å². The molecule has 0 bridgehead atoms. The monoisotopic (exact) mass is 346 g/mol. The molecule has 1 amide bonds. The molecule has 5 nitrogen and oxygen atoms in total. The van der Waals surface area contributed by atoms with E-state index < -0.39 is 10.0 Å². The van der Waals surface area contributed by atoms with Crippen molar-refractivity contribution < 1.29 is 13.2 Å². The molecule has 0 aliphatic heterocycles. The summed E-state index contributed by atoms with van der Waals surface area (Å²) in [5, 5.41) is 2.95. The second kappa shape index (κ2) is 7.05. The van der Waals surface area contributed by atoms with Gasteiger partial charge in [0.25, 0.3) is 5.91 Å². The lowest BCUT2D eigenvalue weighted by atomic mass is 10.00. The highest BCUT2D eigenvalue weighted by atomic mass is 32.2. The number of benzene rings is 2. The fourth-order valence-corrected chi connectivity index (χ4v) is 3.16. The first-order chi connectivity index (χ1) is 11.2. The van der Waals surface area contributed by atoms with Gasteiger partial charge in [0.15, 0.2) is 0 Å². The van der Waals surface area contributed by atoms with Crippen molar-refractivity contribution in [3.8, 4) is 0 Å². The molecule has 0 saturated heterocycles. The minimum atomic E-state index is -3.38. The molecule has 0 spiro atoms. The Kier molecular flexibility index (Phi) is 5.29. The van der Waals surface area contributed by atoms with Gasteiger partial charge in [-0.3, -0.25) is 9.52 Å². The first kappa shape index (κ1) is 18.0. The largest absolute Gasteiger partial charge is 0.346 e. The van der Waals surface area contributed by atoms with E-state index in [0.29, 0.717) is 11.3 Å². The number of carbonyl (C=O) groups is 1. The van der Waals surface area contributed by atoms with Gasteiger partial charge in [0.05, 0.1) is 12.3 Å². The molecule has 2 aromatic carbocycles. The lowest BCUT2D eigenvalue weighted by Gasteiger charge is -2.17. The summed E-state index contributed by atoms with van der Waals surface area (Å²) >= 11 is 0. The van der Waals surface area contributed by atoms with E-state index in [1.165, 1.54) is 11.6 Å². The molecule has 0 aromatic heterocycles. The van der Waals surface area contributed by atoms with Crippen LogP contribution in [0.2, 0.25) is 0 Å². The Hall–Kier alpha value is -2.34. The average molecular weight is 346 g/mol. The van der Waals surface area contributed by atoms with Gasteiger partial charge < -0.3 is 5.32 Å². The highest BCUT2D eigenvalue weighted by Crippen LogP contribution is 2.19. The molecule has 6 heteroatoms. The zero-order valence-electron chi connectivity index (χ0n) is 14.3. The predicted octanol–water partition coefficient (Wildman–Crippen LogP) is 3.17. The Bertz CT molecular complexity index is 860. The standard InChI is InChI=1S/C18H22N2O3S/c1-12-8-9-17(13(2)10-12)14(3)19-18(21)15-6-5-7-16(11-15)20-24(4,22)23/h5-11,14,20H,1-4H3,(H,19,21)/t14-/m1/s1. The van der Waals surface area contributed by atoms with E-state index in [4.69, 9.17) is 0 Å². The number of hydrogen-bond acceptors (Lipinski definition) is 3. The highest BCUT2D eigenvalue weighted by Gasteiger charge is 2.14. The van der Waals surface area contributed by atoms with Crippen LogP contribution in [0.15, 0.2) is 42.5 Å². The Morgan fingerprint density at radius 3 is 2.42 bits per heavy atom. The van der Waals surface area contributed by atoms with E-state index in [0.717, 1.165) is 17.4 Å². The maximum Gasteiger partial charge on any atom is 0.251 e. The molecule has 0 unspecified atom stereocenters.